The van der Waals surface area contributed by atoms with E-state index in [1.807, 2.05) is 18.2 Å². The summed E-state index contributed by atoms with van der Waals surface area (Å²) in [4.78, 5) is 2.09. The highest BCUT2D eigenvalue weighted by molar-refractivity contribution is 5.97. The Morgan fingerprint density at radius 1 is 1.10 bits per heavy atom. The number of rotatable bonds is 4. The maximum Gasteiger partial charge on any atom is 0.128 e. The fourth-order valence-corrected chi connectivity index (χ4v) is 4.60. The third-order valence-electron chi connectivity index (χ3n) is 6.28. The van der Waals surface area contributed by atoms with Crippen molar-refractivity contribution >= 4 is 11.4 Å². The molecule has 3 N–H and O–H groups in total. The standard InChI is InChI=1S/C25H28N4O2/c1-30-23-8-3-2-7-20(23)22-16-28-25-21(22)14-19(15-27-25)17-5-4-6-18(13-17)24(26)29-9-11-31-12-10-29/h2-8,13-14,22,26-28H,9-12,15-16H2,1H3. The number of amidine groups is 1. The van der Waals surface area contributed by atoms with Crippen LogP contribution in [-0.4, -0.2) is 57.2 Å². The minimum Gasteiger partial charge on any atom is -0.496 e. The van der Waals surface area contributed by atoms with Gasteiger partial charge in [0, 0.05) is 48.8 Å². The summed E-state index contributed by atoms with van der Waals surface area (Å²) in [5, 5.41) is 15.7. The topological polar surface area (TPSA) is 69.6 Å². The quantitative estimate of drug-likeness (QED) is 0.528. The third kappa shape index (κ3) is 3.79. The summed E-state index contributed by atoms with van der Waals surface area (Å²) >= 11 is 0. The van der Waals surface area contributed by atoms with Gasteiger partial charge in [-0.25, -0.2) is 0 Å². The number of nitrogens with zero attached hydrogens (tertiary/aromatic N) is 1. The molecule has 0 amide bonds. The largest absolute Gasteiger partial charge is 0.496 e. The Morgan fingerprint density at radius 3 is 2.77 bits per heavy atom. The second-order valence-electron chi connectivity index (χ2n) is 8.06. The van der Waals surface area contributed by atoms with Crippen molar-refractivity contribution in [2.24, 2.45) is 0 Å². The molecule has 2 aromatic rings. The Balaban J connectivity index is 1.43. The van der Waals surface area contributed by atoms with Gasteiger partial charge in [-0.3, -0.25) is 5.41 Å². The van der Waals surface area contributed by atoms with Crippen molar-refractivity contribution in [1.29, 1.82) is 5.41 Å². The number of methoxy groups -OCH3 is 1. The molecule has 0 aliphatic carbocycles. The van der Waals surface area contributed by atoms with Crippen LogP contribution in [-0.2, 0) is 4.74 Å². The van der Waals surface area contributed by atoms with Crippen LogP contribution in [0.3, 0.4) is 0 Å². The van der Waals surface area contributed by atoms with Crippen molar-refractivity contribution in [2.75, 3.05) is 46.5 Å². The number of benzene rings is 2. The van der Waals surface area contributed by atoms with Gasteiger partial charge in [0.25, 0.3) is 0 Å². The highest BCUT2D eigenvalue weighted by Gasteiger charge is 2.30. The van der Waals surface area contributed by atoms with E-state index >= 15 is 0 Å². The number of hydrogen-bond acceptors (Lipinski definition) is 5. The fourth-order valence-electron chi connectivity index (χ4n) is 4.60. The van der Waals surface area contributed by atoms with E-state index in [9.17, 15) is 0 Å². The van der Waals surface area contributed by atoms with E-state index < -0.39 is 0 Å². The first-order valence-electron chi connectivity index (χ1n) is 10.8. The number of morpholine rings is 1. The molecule has 6 heteroatoms. The van der Waals surface area contributed by atoms with Crippen molar-refractivity contribution in [1.82, 2.24) is 15.5 Å². The molecule has 3 aliphatic heterocycles. The van der Waals surface area contributed by atoms with E-state index in [-0.39, 0.29) is 5.92 Å². The Labute approximate surface area is 183 Å². The number of ether oxygens (including phenoxy) is 2. The van der Waals surface area contributed by atoms with Crippen molar-refractivity contribution in [2.45, 2.75) is 5.92 Å². The maximum atomic E-state index is 8.64. The lowest BCUT2D eigenvalue weighted by Crippen LogP contribution is -2.40. The molecule has 3 aliphatic rings. The van der Waals surface area contributed by atoms with Crippen LogP contribution in [0.15, 0.2) is 66.0 Å². The second-order valence-corrected chi connectivity index (χ2v) is 8.06. The highest BCUT2D eigenvalue weighted by atomic mass is 16.5. The summed E-state index contributed by atoms with van der Waals surface area (Å²) in [5.74, 6) is 2.84. The van der Waals surface area contributed by atoms with Crippen LogP contribution in [0.5, 0.6) is 5.75 Å². The molecule has 3 heterocycles. The van der Waals surface area contributed by atoms with Gasteiger partial charge in [0.2, 0.25) is 0 Å². The monoisotopic (exact) mass is 416 g/mol. The van der Waals surface area contributed by atoms with Gasteiger partial charge in [-0.15, -0.1) is 0 Å². The van der Waals surface area contributed by atoms with Crippen LogP contribution in [0.4, 0.5) is 0 Å². The molecular weight excluding hydrogens is 388 g/mol. The normalized spacial score (nSPS) is 20.5. The molecule has 0 bridgehead atoms. The van der Waals surface area contributed by atoms with Gasteiger partial charge < -0.3 is 25.0 Å². The number of para-hydroxylation sites is 1. The summed E-state index contributed by atoms with van der Waals surface area (Å²) in [6.45, 7) is 4.53. The molecular formula is C25H28N4O2. The maximum absolute atomic E-state index is 8.64. The van der Waals surface area contributed by atoms with E-state index in [2.05, 4.69) is 51.9 Å². The van der Waals surface area contributed by atoms with Crippen molar-refractivity contribution in [3.8, 4) is 5.75 Å². The van der Waals surface area contributed by atoms with Gasteiger partial charge in [-0.05, 0) is 29.3 Å². The third-order valence-corrected chi connectivity index (χ3v) is 6.28. The predicted molar refractivity (Wildman–Crippen MR) is 122 cm³/mol. The summed E-state index contributed by atoms with van der Waals surface area (Å²) < 4.78 is 11.1. The zero-order valence-corrected chi connectivity index (χ0v) is 17.8. The molecule has 1 atom stereocenters. The Morgan fingerprint density at radius 2 is 1.94 bits per heavy atom. The van der Waals surface area contributed by atoms with Crippen LogP contribution in [0, 0.1) is 5.41 Å². The zero-order valence-electron chi connectivity index (χ0n) is 17.8. The molecule has 0 spiro atoms. The van der Waals surface area contributed by atoms with Crippen LogP contribution < -0.4 is 15.4 Å². The van der Waals surface area contributed by atoms with E-state index in [4.69, 9.17) is 14.9 Å². The van der Waals surface area contributed by atoms with Crippen LogP contribution in [0.1, 0.15) is 22.6 Å². The first-order chi connectivity index (χ1) is 15.2. The molecule has 31 heavy (non-hydrogen) atoms. The van der Waals surface area contributed by atoms with E-state index in [1.54, 1.807) is 7.11 Å². The SMILES string of the molecule is COc1ccccc1C1CNC2=C1C=C(c1cccc(C(=N)N3CCOCC3)c1)CN2. The van der Waals surface area contributed by atoms with Crippen LogP contribution in [0.2, 0.25) is 0 Å². The van der Waals surface area contributed by atoms with Crippen molar-refractivity contribution in [3.63, 3.8) is 0 Å². The van der Waals surface area contributed by atoms with Crippen molar-refractivity contribution < 1.29 is 9.47 Å². The Kier molecular flexibility index (Phi) is 5.38. The molecule has 6 nitrogen and oxygen atoms in total. The van der Waals surface area contributed by atoms with Gasteiger partial charge in [0.1, 0.15) is 17.4 Å². The van der Waals surface area contributed by atoms with E-state index in [0.29, 0.717) is 19.0 Å². The Bertz CT molecular complexity index is 1050. The van der Waals surface area contributed by atoms with E-state index in [0.717, 1.165) is 48.9 Å². The fraction of sp³-hybridized carbons (Fsp3) is 0.320. The van der Waals surface area contributed by atoms with Gasteiger partial charge in [-0.2, -0.15) is 0 Å². The lowest BCUT2D eigenvalue weighted by Gasteiger charge is -2.29. The minimum atomic E-state index is 0.240. The lowest BCUT2D eigenvalue weighted by atomic mass is 9.88. The molecule has 0 radical (unpaired) electrons. The highest BCUT2D eigenvalue weighted by Crippen LogP contribution is 2.38. The molecule has 1 fully saturated rings. The molecule has 5 rings (SSSR count). The van der Waals surface area contributed by atoms with Crippen LogP contribution in [0.25, 0.3) is 5.57 Å². The van der Waals surface area contributed by atoms with Gasteiger partial charge in [0.15, 0.2) is 0 Å². The molecule has 2 aromatic carbocycles. The lowest BCUT2D eigenvalue weighted by molar-refractivity contribution is 0.0680. The second kappa shape index (κ2) is 8.47. The summed E-state index contributed by atoms with van der Waals surface area (Å²) in [7, 11) is 1.73. The summed E-state index contributed by atoms with van der Waals surface area (Å²) in [6.07, 6.45) is 2.31. The van der Waals surface area contributed by atoms with Gasteiger partial charge >= 0.3 is 0 Å². The van der Waals surface area contributed by atoms with Gasteiger partial charge in [0.05, 0.1) is 20.3 Å². The Hall–Kier alpha value is -3.25. The minimum absolute atomic E-state index is 0.240. The number of hydrogen-bond donors (Lipinski definition) is 3. The van der Waals surface area contributed by atoms with Gasteiger partial charge in [-0.1, -0.05) is 36.4 Å². The summed E-state index contributed by atoms with van der Waals surface area (Å²) in [5.41, 5.74) is 5.80. The molecule has 1 unspecified atom stereocenters. The average Bonchev–Trinajstić information content (AvgIpc) is 3.27. The molecule has 0 aromatic heterocycles. The number of nitrogens with one attached hydrogen (secondary N) is 3. The summed E-state index contributed by atoms with van der Waals surface area (Å²) in [6, 6.07) is 16.6. The smallest absolute Gasteiger partial charge is 0.128 e. The molecule has 1 saturated heterocycles. The first-order valence-corrected chi connectivity index (χ1v) is 10.8. The van der Waals surface area contributed by atoms with Crippen LogP contribution >= 0.6 is 0 Å². The average molecular weight is 417 g/mol. The number of dihydropyridines is 1. The first kappa shape index (κ1) is 19.7. The zero-order chi connectivity index (χ0) is 21.2. The molecule has 0 saturated carbocycles. The van der Waals surface area contributed by atoms with Crippen molar-refractivity contribution in [3.05, 3.63) is 82.7 Å². The number of allylic oxidation sites excluding steroid dienone is 1. The van der Waals surface area contributed by atoms with E-state index in [1.165, 1.54) is 16.7 Å². The molecule has 160 valence electrons. The predicted octanol–water partition coefficient (Wildman–Crippen LogP) is 2.94.